The van der Waals surface area contributed by atoms with Gasteiger partial charge in [-0.1, -0.05) is 30.0 Å². The van der Waals surface area contributed by atoms with Gasteiger partial charge in [-0.25, -0.2) is 22.7 Å². The van der Waals surface area contributed by atoms with Crippen LogP contribution in [0.4, 0.5) is 11.5 Å². The highest BCUT2D eigenvalue weighted by Gasteiger charge is 2.30. The zero-order valence-electron chi connectivity index (χ0n) is 21.4. The number of aliphatic hydroxyl groups is 1. The number of likely N-dealkylation sites (tertiary alicyclic amines) is 1. The molecule has 0 spiro atoms. The third-order valence-electron chi connectivity index (χ3n) is 7.11. The van der Waals surface area contributed by atoms with E-state index in [-0.39, 0.29) is 10.7 Å². The molecule has 3 heterocycles. The Morgan fingerprint density at radius 1 is 1.00 bits per heavy atom. The molecule has 8 nitrogen and oxygen atoms in total. The van der Waals surface area contributed by atoms with E-state index >= 15 is 0 Å². The van der Waals surface area contributed by atoms with Crippen molar-refractivity contribution in [1.29, 1.82) is 0 Å². The molecule has 0 radical (unpaired) electrons. The van der Waals surface area contributed by atoms with E-state index in [9.17, 15) is 13.5 Å². The summed E-state index contributed by atoms with van der Waals surface area (Å²) in [6, 6.07) is 21.0. The van der Waals surface area contributed by atoms with Gasteiger partial charge in [-0.2, -0.15) is 0 Å². The summed E-state index contributed by atoms with van der Waals surface area (Å²) in [4.78, 5) is 14.3. The number of nitrogens with zero attached hydrogens (tertiary/aromatic N) is 4. The Kier molecular flexibility index (Phi) is 6.31. The number of hydrogen-bond donors (Lipinski definition) is 2. The van der Waals surface area contributed by atoms with Crippen molar-refractivity contribution in [2.45, 2.75) is 23.3 Å². The average molecular weight is 538 g/mol. The molecule has 2 aromatic heterocycles. The number of aromatic amines is 1. The first-order chi connectivity index (χ1) is 18.8. The fourth-order valence-corrected chi connectivity index (χ4v) is 6.30. The van der Waals surface area contributed by atoms with Gasteiger partial charge in [-0.05, 0) is 61.6 Å². The maximum atomic E-state index is 14.1. The number of aromatic nitrogens is 3. The van der Waals surface area contributed by atoms with Crippen LogP contribution >= 0.6 is 0 Å². The molecule has 5 aromatic rings. The van der Waals surface area contributed by atoms with Crippen molar-refractivity contribution in [3.05, 3.63) is 90.9 Å². The second-order valence-electron chi connectivity index (χ2n) is 9.85. The third-order valence-corrected chi connectivity index (χ3v) is 8.85. The summed E-state index contributed by atoms with van der Waals surface area (Å²) in [5.74, 6) is 6.39. The Morgan fingerprint density at radius 3 is 2.59 bits per heavy atom. The first kappa shape index (κ1) is 25.1. The van der Waals surface area contributed by atoms with Gasteiger partial charge in [0.1, 0.15) is 11.9 Å². The second kappa shape index (κ2) is 9.82. The van der Waals surface area contributed by atoms with Gasteiger partial charge in [0.25, 0.3) is 10.0 Å². The van der Waals surface area contributed by atoms with Gasteiger partial charge in [-0.15, -0.1) is 0 Å². The Hall–Kier alpha value is -4.23. The molecule has 0 aliphatic carbocycles. The van der Waals surface area contributed by atoms with Crippen LogP contribution < -0.4 is 4.31 Å². The second-order valence-corrected chi connectivity index (χ2v) is 11.6. The van der Waals surface area contributed by atoms with Crippen LogP contribution in [0.15, 0.2) is 90.2 Å². The molecule has 39 heavy (non-hydrogen) atoms. The van der Waals surface area contributed by atoms with Gasteiger partial charge in [-0.3, -0.25) is 0 Å². The molecule has 0 amide bonds. The lowest BCUT2D eigenvalue weighted by atomic mass is 9.92. The molecule has 1 aliphatic rings. The molecule has 0 unspecified atom stereocenters. The molecule has 1 saturated heterocycles. The smallest absolute Gasteiger partial charge is 0.269 e. The minimum atomic E-state index is -4.06. The normalized spacial score (nSPS) is 15.6. The average Bonchev–Trinajstić information content (AvgIpc) is 3.43. The molecule has 1 aliphatic heterocycles. The molecule has 0 bridgehead atoms. The van der Waals surface area contributed by atoms with Gasteiger partial charge in [0.15, 0.2) is 5.82 Å². The van der Waals surface area contributed by atoms with E-state index in [1.807, 2.05) is 37.5 Å². The van der Waals surface area contributed by atoms with Crippen molar-refractivity contribution in [3.8, 4) is 11.8 Å². The molecule has 0 saturated carbocycles. The number of H-pyrrole nitrogens is 1. The van der Waals surface area contributed by atoms with Crippen molar-refractivity contribution < 1.29 is 13.5 Å². The minimum Gasteiger partial charge on any atom is -0.377 e. The van der Waals surface area contributed by atoms with Crippen LogP contribution in [0, 0.1) is 11.8 Å². The molecular weight excluding hydrogens is 510 g/mol. The van der Waals surface area contributed by atoms with Gasteiger partial charge in [0.2, 0.25) is 0 Å². The van der Waals surface area contributed by atoms with E-state index < -0.39 is 15.6 Å². The monoisotopic (exact) mass is 537 g/mol. The van der Waals surface area contributed by atoms with Crippen LogP contribution in [0.25, 0.3) is 21.8 Å². The predicted molar refractivity (Wildman–Crippen MR) is 152 cm³/mol. The van der Waals surface area contributed by atoms with Crippen LogP contribution in [-0.4, -0.2) is 59.1 Å². The standard InChI is InChI=1S/C30H27N5O3S/c1-34-17-14-30(36,15-18-34)13-11-22-7-9-28-26(19-22)29(33-21-32-28)35(39(37,38)25-5-3-2-4-6-25)24-8-10-27-23(20-24)12-16-31-27/h2-10,12,16,19-21,31,36H,14-15,17-18H2,1H3. The number of sulfonamides is 1. The maximum Gasteiger partial charge on any atom is 0.269 e. The summed E-state index contributed by atoms with van der Waals surface area (Å²) in [7, 11) is -2.03. The highest BCUT2D eigenvalue weighted by atomic mass is 32.2. The highest BCUT2D eigenvalue weighted by Crippen LogP contribution is 2.36. The molecule has 2 N–H and O–H groups in total. The van der Waals surface area contributed by atoms with E-state index in [1.54, 1.807) is 48.5 Å². The van der Waals surface area contributed by atoms with Crippen LogP contribution in [-0.2, 0) is 10.0 Å². The van der Waals surface area contributed by atoms with E-state index in [4.69, 9.17) is 0 Å². The number of nitrogens with one attached hydrogen (secondary N) is 1. The van der Waals surface area contributed by atoms with Crippen molar-refractivity contribution in [2.24, 2.45) is 0 Å². The number of benzene rings is 3. The number of anilines is 2. The first-order valence-corrected chi connectivity index (χ1v) is 14.1. The lowest BCUT2D eigenvalue weighted by Gasteiger charge is -2.32. The van der Waals surface area contributed by atoms with E-state index in [0.717, 1.165) is 24.0 Å². The highest BCUT2D eigenvalue weighted by molar-refractivity contribution is 7.93. The molecule has 9 heteroatoms. The number of hydrogen-bond acceptors (Lipinski definition) is 6. The van der Waals surface area contributed by atoms with Gasteiger partial charge >= 0.3 is 0 Å². The van der Waals surface area contributed by atoms with Crippen molar-refractivity contribution >= 4 is 43.3 Å². The SMILES string of the molecule is CN1CCC(O)(C#Cc2ccc3ncnc(N(c4ccc5[nH]ccc5c4)S(=O)(=O)c4ccccc4)c3c2)CC1. The van der Waals surface area contributed by atoms with Crippen LogP contribution in [0.5, 0.6) is 0 Å². The topological polar surface area (TPSA) is 102 Å². The summed E-state index contributed by atoms with van der Waals surface area (Å²) in [5.41, 5.74) is 1.52. The lowest BCUT2D eigenvalue weighted by Crippen LogP contribution is -2.41. The Labute approximate surface area is 227 Å². The van der Waals surface area contributed by atoms with Crippen molar-refractivity contribution in [2.75, 3.05) is 24.4 Å². The fraction of sp³-hybridized carbons (Fsp3) is 0.200. The summed E-state index contributed by atoms with van der Waals surface area (Å²) < 4.78 is 29.5. The molecule has 1 fully saturated rings. The third kappa shape index (κ3) is 4.86. The largest absolute Gasteiger partial charge is 0.377 e. The van der Waals surface area contributed by atoms with Gasteiger partial charge < -0.3 is 15.0 Å². The van der Waals surface area contributed by atoms with E-state index in [2.05, 4.69) is 31.7 Å². The maximum absolute atomic E-state index is 14.1. The predicted octanol–water partition coefficient (Wildman–Crippen LogP) is 4.45. The van der Waals surface area contributed by atoms with Gasteiger partial charge in [0.05, 0.1) is 16.1 Å². The molecule has 3 aromatic carbocycles. The number of rotatable bonds is 4. The number of piperidine rings is 1. The molecular formula is C30H27N5O3S. The fourth-order valence-electron chi connectivity index (χ4n) is 4.82. The zero-order valence-corrected chi connectivity index (χ0v) is 22.2. The Morgan fingerprint density at radius 2 is 1.79 bits per heavy atom. The summed E-state index contributed by atoms with van der Waals surface area (Å²) in [5, 5.41) is 12.3. The molecule has 196 valence electrons. The summed E-state index contributed by atoms with van der Waals surface area (Å²) in [6.45, 7) is 1.55. The van der Waals surface area contributed by atoms with Crippen molar-refractivity contribution in [3.63, 3.8) is 0 Å². The summed E-state index contributed by atoms with van der Waals surface area (Å²) in [6.07, 6.45) is 4.33. The van der Waals surface area contributed by atoms with Crippen molar-refractivity contribution in [1.82, 2.24) is 19.9 Å². The quantitative estimate of drug-likeness (QED) is 0.329. The number of fused-ring (bicyclic) bond motifs is 2. The van der Waals surface area contributed by atoms with Gasteiger partial charge in [0, 0.05) is 54.0 Å². The summed E-state index contributed by atoms with van der Waals surface area (Å²) >= 11 is 0. The first-order valence-electron chi connectivity index (χ1n) is 12.7. The minimum absolute atomic E-state index is 0.145. The molecule has 6 rings (SSSR count). The van der Waals surface area contributed by atoms with Crippen LogP contribution in [0.2, 0.25) is 0 Å². The van der Waals surface area contributed by atoms with Crippen LogP contribution in [0.1, 0.15) is 18.4 Å². The van der Waals surface area contributed by atoms with E-state index in [0.29, 0.717) is 35.0 Å². The zero-order chi connectivity index (χ0) is 27.0. The van der Waals surface area contributed by atoms with Crippen LogP contribution in [0.3, 0.4) is 0 Å². The Bertz CT molecular complexity index is 1830. The van der Waals surface area contributed by atoms with E-state index in [1.165, 1.54) is 10.6 Å². The molecule has 0 atom stereocenters. The lowest BCUT2D eigenvalue weighted by molar-refractivity contribution is 0.0350. The Balaban J connectivity index is 1.51.